The summed E-state index contributed by atoms with van der Waals surface area (Å²) in [5, 5.41) is 2.62. The Bertz CT molecular complexity index is 628. The molecule has 0 radical (unpaired) electrons. The van der Waals surface area contributed by atoms with Gasteiger partial charge in [0.2, 0.25) is 5.91 Å². The van der Waals surface area contributed by atoms with E-state index >= 15 is 0 Å². The molecule has 1 saturated heterocycles. The topological polar surface area (TPSA) is 80.5 Å². The van der Waals surface area contributed by atoms with Crippen molar-refractivity contribution in [3.8, 4) is 0 Å². The van der Waals surface area contributed by atoms with E-state index in [1.165, 1.54) is 6.92 Å². The molecular formula is C15H24N2O4S. The lowest BCUT2D eigenvalue weighted by Crippen LogP contribution is -2.48. The minimum atomic E-state index is -3.61. The average molecular weight is 328 g/mol. The first kappa shape index (κ1) is 17.0. The number of carbonyl (C=O) groups is 1. The second kappa shape index (κ2) is 6.40. The van der Waals surface area contributed by atoms with Crippen molar-refractivity contribution >= 4 is 15.7 Å². The van der Waals surface area contributed by atoms with Gasteiger partial charge in [0.05, 0.1) is 5.69 Å². The normalized spacial score (nSPS) is 24.3. The first-order chi connectivity index (χ1) is 10.2. The van der Waals surface area contributed by atoms with Gasteiger partial charge in [-0.3, -0.25) is 4.79 Å². The van der Waals surface area contributed by atoms with Crippen LogP contribution in [0.25, 0.3) is 0 Å². The maximum absolute atomic E-state index is 12.5. The van der Waals surface area contributed by atoms with Gasteiger partial charge in [0.25, 0.3) is 0 Å². The molecule has 0 saturated carbocycles. The molecule has 1 aromatic rings. The SMILES string of the molecule is Cc1cc(CS(=O)(=O)[C@@H](C)C(=O)N2C[C@H](C)C[C@H](C)C2)on1. The highest BCUT2D eigenvalue weighted by atomic mass is 32.2. The number of likely N-dealkylation sites (tertiary alicyclic amines) is 1. The summed E-state index contributed by atoms with van der Waals surface area (Å²) in [5.74, 6) is 0.478. The van der Waals surface area contributed by atoms with E-state index in [1.54, 1.807) is 17.9 Å². The van der Waals surface area contributed by atoms with Crippen molar-refractivity contribution in [3.63, 3.8) is 0 Å². The predicted molar refractivity (Wildman–Crippen MR) is 82.9 cm³/mol. The van der Waals surface area contributed by atoms with E-state index in [4.69, 9.17) is 4.52 Å². The van der Waals surface area contributed by atoms with Gasteiger partial charge in [-0.1, -0.05) is 19.0 Å². The zero-order chi connectivity index (χ0) is 16.5. The van der Waals surface area contributed by atoms with Crippen LogP contribution in [0.3, 0.4) is 0 Å². The van der Waals surface area contributed by atoms with Crippen LogP contribution < -0.4 is 0 Å². The largest absolute Gasteiger partial charge is 0.360 e. The van der Waals surface area contributed by atoms with Crippen molar-refractivity contribution in [1.82, 2.24) is 10.1 Å². The third kappa shape index (κ3) is 3.88. The molecule has 1 fully saturated rings. The van der Waals surface area contributed by atoms with Crippen LogP contribution in [0.4, 0.5) is 0 Å². The molecule has 2 heterocycles. The highest BCUT2D eigenvalue weighted by Crippen LogP contribution is 2.23. The van der Waals surface area contributed by atoms with Crippen LogP contribution in [0, 0.1) is 18.8 Å². The number of carbonyl (C=O) groups excluding carboxylic acids is 1. The number of piperidine rings is 1. The van der Waals surface area contributed by atoms with Gasteiger partial charge < -0.3 is 9.42 Å². The highest BCUT2D eigenvalue weighted by molar-refractivity contribution is 7.92. The molecule has 2 rings (SSSR count). The van der Waals surface area contributed by atoms with Crippen molar-refractivity contribution in [1.29, 1.82) is 0 Å². The number of rotatable bonds is 4. The number of hydrogen-bond acceptors (Lipinski definition) is 5. The Morgan fingerprint density at radius 2 is 2.00 bits per heavy atom. The summed E-state index contributed by atoms with van der Waals surface area (Å²) < 4.78 is 29.8. The molecule has 0 spiro atoms. The summed E-state index contributed by atoms with van der Waals surface area (Å²) >= 11 is 0. The number of sulfone groups is 1. The van der Waals surface area contributed by atoms with Crippen molar-refractivity contribution in [2.75, 3.05) is 13.1 Å². The van der Waals surface area contributed by atoms with Crippen LogP contribution in [-0.4, -0.2) is 42.7 Å². The fraction of sp³-hybridized carbons (Fsp3) is 0.733. The maximum Gasteiger partial charge on any atom is 0.240 e. The van der Waals surface area contributed by atoms with Gasteiger partial charge in [0, 0.05) is 19.2 Å². The summed E-state index contributed by atoms with van der Waals surface area (Å²) in [7, 11) is -3.61. The molecule has 0 aromatic carbocycles. The van der Waals surface area contributed by atoms with Crippen molar-refractivity contribution in [3.05, 3.63) is 17.5 Å². The number of amides is 1. The molecule has 3 atom stereocenters. The standard InChI is InChI=1S/C15H24N2O4S/c1-10-5-11(2)8-17(7-10)15(18)13(4)22(19,20)9-14-6-12(3)16-21-14/h6,10-11,13H,5,7-9H2,1-4H3/t10-,11+,13-/m0/s1. The zero-order valence-corrected chi connectivity index (χ0v) is 14.4. The Morgan fingerprint density at radius 1 is 1.41 bits per heavy atom. The van der Waals surface area contributed by atoms with Crippen LogP contribution >= 0.6 is 0 Å². The van der Waals surface area contributed by atoms with E-state index < -0.39 is 15.1 Å². The first-order valence-electron chi connectivity index (χ1n) is 7.61. The minimum absolute atomic E-state index is 0.275. The lowest BCUT2D eigenvalue weighted by molar-refractivity contribution is -0.133. The Morgan fingerprint density at radius 3 is 2.50 bits per heavy atom. The number of nitrogens with zero attached hydrogens (tertiary/aromatic N) is 2. The van der Waals surface area contributed by atoms with E-state index in [0.717, 1.165) is 6.42 Å². The maximum atomic E-state index is 12.5. The van der Waals surface area contributed by atoms with Crippen LogP contribution in [0.5, 0.6) is 0 Å². The smallest absolute Gasteiger partial charge is 0.240 e. The van der Waals surface area contributed by atoms with E-state index in [-0.39, 0.29) is 17.4 Å². The molecule has 1 aliphatic heterocycles. The van der Waals surface area contributed by atoms with E-state index in [9.17, 15) is 13.2 Å². The van der Waals surface area contributed by atoms with Gasteiger partial charge in [-0.15, -0.1) is 0 Å². The summed E-state index contributed by atoms with van der Waals surface area (Å²) in [5.41, 5.74) is 0.628. The molecule has 0 unspecified atom stereocenters. The van der Waals surface area contributed by atoms with Crippen molar-refractivity contribution in [2.24, 2.45) is 11.8 Å². The van der Waals surface area contributed by atoms with Crippen LogP contribution in [-0.2, 0) is 20.4 Å². The number of hydrogen-bond donors (Lipinski definition) is 0. The predicted octanol–water partition coefficient (Wildman–Crippen LogP) is 1.79. The zero-order valence-electron chi connectivity index (χ0n) is 13.6. The summed E-state index contributed by atoms with van der Waals surface area (Å²) in [6, 6.07) is 1.58. The Hall–Kier alpha value is -1.37. The fourth-order valence-electron chi connectivity index (χ4n) is 3.06. The highest BCUT2D eigenvalue weighted by Gasteiger charge is 2.35. The number of aryl methyl sites for hydroxylation is 1. The fourth-order valence-corrected chi connectivity index (χ4v) is 4.30. The molecule has 6 nitrogen and oxygen atoms in total. The van der Waals surface area contributed by atoms with Crippen LogP contribution in [0.1, 0.15) is 38.6 Å². The minimum Gasteiger partial charge on any atom is -0.360 e. The Labute approximate surface area is 131 Å². The Balaban J connectivity index is 2.08. The van der Waals surface area contributed by atoms with Gasteiger partial charge >= 0.3 is 0 Å². The van der Waals surface area contributed by atoms with Gasteiger partial charge in [0.15, 0.2) is 15.6 Å². The molecule has 0 N–H and O–H groups in total. The second-order valence-electron chi connectivity index (χ2n) is 6.57. The molecule has 0 aliphatic carbocycles. The van der Waals surface area contributed by atoms with Gasteiger partial charge in [-0.05, 0) is 32.1 Å². The second-order valence-corrected chi connectivity index (χ2v) is 8.89. The quantitative estimate of drug-likeness (QED) is 0.842. The first-order valence-corrected chi connectivity index (χ1v) is 9.33. The lowest BCUT2D eigenvalue weighted by Gasteiger charge is -2.36. The van der Waals surface area contributed by atoms with Crippen molar-refractivity contribution in [2.45, 2.75) is 45.1 Å². The molecule has 22 heavy (non-hydrogen) atoms. The van der Waals surface area contributed by atoms with Gasteiger partial charge in [-0.25, -0.2) is 8.42 Å². The molecule has 1 aliphatic rings. The van der Waals surface area contributed by atoms with Crippen LogP contribution in [0.15, 0.2) is 10.6 Å². The van der Waals surface area contributed by atoms with Crippen LogP contribution in [0.2, 0.25) is 0 Å². The molecule has 0 bridgehead atoms. The van der Waals surface area contributed by atoms with Gasteiger partial charge in [0.1, 0.15) is 11.0 Å². The third-order valence-electron chi connectivity index (χ3n) is 4.09. The molecule has 1 aromatic heterocycles. The summed E-state index contributed by atoms with van der Waals surface area (Å²) in [6.45, 7) is 8.63. The average Bonchev–Trinajstić information content (AvgIpc) is 2.80. The van der Waals surface area contributed by atoms with Crippen molar-refractivity contribution < 1.29 is 17.7 Å². The van der Waals surface area contributed by atoms with Gasteiger partial charge in [-0.2, -0.15) is 0 Å². The van der Waals surface area contributed by atoms with E-state index in [1.807, 2.05) is 0 Å². The summed E-state index contributed by atoms with van der Waals surface area (Å²) in [4.78, 5) is 14.2. The Kier molecular flexibility index (Phi) is 4.94. The monoisotopic (exact) mass is 328 g/mol. The molecule has 1 amide bonds. The van der Waals surface area contributed by atoms with E-state index in [0.29, 0.717) is 30.6 Å². The molecule has 124 valence electrons. The molecular weight excluding hydrogens is 304 g/mol. The summed E-state index contributed by atoms with van der Waals surface area (Å²) in [6.07, 6.45) is 1.07. The molecule has 7 heteroatoms. The lowest BCUT2D eigenvalue weighted by atomic mass is 9.92. The van der Waals surface area contributed by atoms with E-state index in [2.05, 4.69) is 19.0 Å². The third-order valence-corrected chi connectivity index (χ3v) is 6.05. The number of aromatic nitrogens is 1.